The molecule has 1 aliphatic rings. The molecule has 0 heterocycles. The molecule has 0 amide bonds. The van der Waals surface area contributed by atoms with Crippen LogP contribution >= 0.6 is 11.6 Å². The van der Waals surface area contributed by atoms with Crippen LogP contribution < -0.4 is 0 Å². The molecule has 0 bridgehead atoms. The lowest BCUT2D eigenvalue weighted by molar-refractivity contribution is 0.163. The smallest absolute Gasteiger partial charge is 0.144 e. The van der Waals surface area contributed by atoms with Crippen molar-refractivity contribution in [3.05, 3.63) is 34.6 Å². The molecule has 0 saturated heterocycles. The number of hydrogen-bond donors (Lipinski definition) is 1. The van der Waals surface area contributed by atoms with Gasteiger partial charge in [-0.3, -0.25) is 0 Å². The minimum atomic E-state index is -0.313. The monoisotopic (exact) mass is 242 g/mol. The molecular formula is C13H16ClFO. The largest absolute Gasteiger partial charge is 0.393 e. The van der Waals surface area contributed by atoms with Gasteiger partial charge in [-0.25, -0.2) is 4.39 Å². The summed E-state index contributed by atoms with van der Waals surface area (Å²) >= 11 is 5.75. The van der Waals surface area contributed by atoms with Crippen molar-refractivity contribution >= 4 is 11.6 Å². The van der Waals surface area contributed by atoms with Crippen LogP contribution in [0.5, 0.6) is 0 Å². The van der Waals surface area contributed by atoms with Gasteiger partial charge < -0.3 is 5.11 Å². The van der Waals surface area contributed by atoms with E-state index in [1.54, 1.807) is 18.2 Å². The standard InChI is InChI=1S/C13H16ClFO/c1-13(6-5-10(16)8-13)7-9-3-2-4-11(14)12(9)15/h2-4,10,16H,5-8H2,1H3. The van der Waals surface area contributed by atoms with E-state index in [-0.39, 0.29) is 22.4 Å². The SMILES string of the molecule is CC1(Cc2cccc(Cl)c2F)CCC(O)C1. The summed E-state index contributed by atoms with van der Waals surface area (Å²) < 4.78 is 13.7. The van der Waals surface area contributed by atoms with Crippen LogP contribution in [0.4, 0.5) is 4.39 Å². The van der Waals surface area contributed by atoms with Gasteiger partial charge in [0.15, 0.2) is 0 Å². The molecule has 0 aromatic heterocycles. The van der Waals surface area contributed by atoms with E-state index in [1.807, 2.05) is 0 Å². The van der Waals surface area contributed by atoms with Gasteiger partial charge in [0, 0.05) is 0 Å². The molecule has 0 aliphatic heterocycles. The Morgan fingerprint density at radius 1 is 1.56 bits per heavy atom. The average molecular weight is 243 g/mol. The third kappa shape index (κ3) is 2.38. The minimum absolute atomic E-state index is 0.00490. The lowest BCUT2D eigenvalue weighted by Crippen LogP contribution is -2.17. The zero-order valence-corrected chi connectivity index (χ0v) is 10.1. The Morgan fingerprint density at radius 3 is 2.94 bits per heavy atom. The Balaban J connectivity index is 2.18. The highest BCUT2D eigenvalue weighted by molar-refractivity contribution is 6.30. The van der Waals surface area contributed by atoms with Gasteiger partial charge in [0.05, 0.1) is 11.1 Å². The van der Waals surface area contributed by atoms with E-state index in [0.29, 0.717) is 12.0 Å². The van der Waals surface area contributed by atoms with Gasteiger partial charge in [0.1, 0.15) is 5.82 Å². The third-order valence-electron chi connectivity index (χ3n) is 3.46. The first kappa shape index (κ1) is 11.9. The Bertz CT molecular complexity index is 394. The second-order valence-electron chi connectivity index (χ2n) is 5.10. The highest BCUT2D eigenvalue weighted by atomic mass is 35.5. The molecule has 16 heavy (non-hydrogen) atoms. The zero-order valence-electron chi connectivity index (χ0n) is 9.34. The predicted molar refractivity (Wildman–Crippen MR) is 63.1 cm³/mol. The van der Waals surface area contributed by atoms with Gasteiger partial charge in [-0.2, -0.15) is 0 Å². The maximum Gasteiger partial charge on any atom is 0.144 e. The Morgan fingerprint density at radius 2 is 2.31 bits per heavy atom. The van der Waals surface area contributed by atoms with E-state index >= 15 is 0 Å². The summed E-state index contributed by atoms with van der Waals surface area (Å²) in [7, 11) is 0. The van der Waals surface area contributed by atoms with Crippen molar-refractivity contribution in [2.45, 2.75) is 38.7 Å². The summed E-state index contributed by atoms with van der Waals surface area (Å²) in [6, 6.07) is 5.11. The maximum absolute atomic E-state index is 13.7. The number of aliphatic hydroxyl groups is 1. The van der Waals surface area contributed by atoms with E-state index < -0.39 is 0 Å². The molecule has 2 rings (SSSR count). The first-order valence-corrected chi connectivity index (χ1v) is 5.99. The van der Waals surface area contributed by atoms with E-state index in [2.05, 4.69) is 6.92 Å². The van der Waals surface area contributed by atoms with Gasteiger partial charge in [-0.15, -0.1) is 0 Å². The topological polar surface area (TPSA) is 20.2 Å². The molecule has 1 fully saturated rings. The van der Waals surface area contributed by atoms with Crippen LogP contribution in [0.1, 0.15) is 31.7 Å². The van der Waals surface area contributed by atoms with Crippen molar-refractivity contribution in [3.63, 3.8) is 0 Å². The summed E-state index contributed by atoms with van der Waals surface area (Å²) in [6.07, 6.45) is 2.93. The van der Waals surface area contributed by atoms with Crippen LogP contribution in [0, 0.1) is 11.2 Å². The molecule has 88 valence electrons. The molecule has 0 radical (unpaired) electrons. The summed E-state index contributed by atoms with van der Waals surface area (Å²) in [5, 5.41) is 9.73. The van der Waals surface area contributed by atoms with Crippen LogP contribution in [0.3, 0.4) is 0 Å². The average Bonchev–Trinajstić information content (AvgIpc) is 2.54. The summed E-state index contributed by atoms with van der Waals surface area (Å²) in [4.78, 5) is 0. The van der Waals surface area contributed by atoms with Crippen LogP contribution in [-0.4, -0.2) is 11.2 Å². The molecule has 1 aromatic rings. The lowest BCUT2D eigenvalue weighted by atomic mass is 9.82. The van der Waals surface area contributed by atoms with Crippen LogP contribution in [0.15, 0.2) is 18.2 Å². The Kier molecular flexibility index (Phi) is 3.22. The molecule has 1 aliphatic carbocycles. The van der Waals surface area contributed by atoms with Gasteiger partial charge in [0.25, 0.3) is 0 Å². The molecule has 1 N–H and O–H groups in total. The lowest BCUT2D eigenvalue weighted by Gasteiger charge is -2.24. The Labute approximate surface area is 100 Å². The fraction of sp³-hybridized carbons (Fsp3) is 0.538. The van der Waals surface area contributed by atoms with Crippen molar-refractivity contribution < 1.29 is 9.50 Å². The summed E-state index contributed by atoms with van der Waals surface area (Å²) in [6.45, 7) is 2.10. The number of aliphatic hydroxyl groups excluding tert-OH is 1. The number of hydrogen-bond acceptors (Lipinski definition) is 1. The third-order valence-corrected chi connectivity index (χ3v) is 3.75. The van der Waals surface area contributed by atoms with E-state index in [4.69, 9.17) is 11.6 Å². The van der Waals surface area contributed by atoms with Crippen molar-refractivity contribution in [1.29, 1.82) is 0 Å². The highest BCUT2D eigenvalue weighted by Crippen LogP contribution is 2.41. The first-order valence-electron chi connectivity index (χ1n) is 5.61. The van der Waals surface area contributed by atoms with Crippen molar-refractivity contribution in [2.24, 2.45) is 5.41 Å². The molecule has 1 nitrogen and oxygen atoms in total. The fourth-order valence-electron chi connectivity index (χ4n) is 2.59. The number of benzene rings is 1. The van der Waals surface area contributed by atoms with Gasteiger partial charge in [-0.05, 0) is 42.7 Å². The molecule has 3 heteroatoms. The van der Waals surface area contributed by atoms with Crippen molar-refractivity contribution in [2.75, 3.05) is 0 Å². The van der Waals surface area contributed by atoms with E-state index in [9.17, 15) is 9.50 Å². The zero-order chi connectivity index (χ0) is 11.8. The van der Waals surface area contributed by atoms with Crippen LogP contribution in [0.2, 0.25) is 5.02 Å². The first-order chi connectivity index (χ1) is 7.50. The van der Waals surface area contributed by atoms with Gasteiger partial charge >= 0.3 is 0 Å². The summed E-state index contributed by atoms with van der Waals surface area (Å²) in [5.41, 5.74) is 0.661. The Hall–Kier alpha value is -0.600. The van der Waals surface area contributed by atoms with Crippen LogP contribution in [-0.2, 0) is 6.42 Å². The molecule has 2 unspecified atom stereocenters. The predicted octanol–water partition coefficient (Wildman–Crippen LogP) is 3.57. The minimum Gasteiger partial charge on any atom is -0.393 e. The quantitative estimate of drug-likeness (QED) is 0.841. The second-order valence-corrected chi connectivity index (χ2v) is 5.50. The van der Waals surface area contributed by atoms with Gasteiger partial charge in [0.2, 0.25) is 0 Å². The van der Waals surface area contributed by atoms with Crippen LogP contribution in [0.25, 0.3) is 0 Å². The summed E-state index contributed by atoms with van der Waals surface area (Å²) in [5.74, 6) is -0.313. The number of halogens is 2. The van der Waals surface area contributed by atoms with E-state index in [1.165, 1.54) is 0 Å². The molecule has 0 spiro atoms. The second kappa shape index (κ2) is 4.34. The van der Waals surface area contributed by atoms with Crippen molar-refractivity contribution in [1.82, 2.24) is 0 Å². The normalized spacial score (nSPS) is 29.6. The molecule has 2 atom stereocenters. The maximum atomic E-state index is 13.7. The van der Waals surface area contributed by atoms with Gasteiger partial charge in [-0.1, -0.05) is 30.7 Å². The fourth-order valence-corrected chi connectivity index (χ4v) is 2.79. The molecular weight excluding hydrogens is 227 g/mol. The molecule has 1 saturated carbocycles. The van der Waals surface area contributed by atoms with E-state index in [0.717, 1.165) is 19.3 Å². The highest BCUT2D eigenvalue weighted by Gasteiger charge is 2.34. The number of rotatable bonds is 2. The van der Waals surface area contributed by atoms with Crippen molar-refractivity contribution in [3.8, 4) is 0 Å². The molecule has 1 aromatic carbocycles.